The minimum absolute atomic E-state index is 0.431. The monoisotopic (exact) mass is 269 g/mol. The topological polar surface area (TPSA) is 42.1 Å². The third kappa shape index (κ3) is 3.75. The Balaban J connectivity index is 0.000000195. The molecule has 0 aliphatic heterocycles. The van der Waals surface area contributed by atoms with Crippen molar-refractivity contribution in [3.8, 4) is 0 Å². The van der Waals surface area contributed by atoms with Gasteiger partial charge in [-0.25, -0.2) is 0 Å². The van der Waals surface area contributed by atoms with Gasteiger partial charge in [0, 0.05) is 21.6 Å². The van der Waals surface area contributed by atoms with E-state index in [0.717, 1.165) is 4.47 Å². The van der Waals surface area contributed by atoms with E-state index < -0.39 is 0 Å². The van der Waals surface area contributed by atoms with Gasteiger partial charge in [-0.05, 0) is 31.2 Å². The summed E-state index contributed by atoms with van der Waals surface area (Å²) in [4.78, 5) is 12.3. The molecule has 0 spiro atoms. The molecule has 0 unspecified atom stereocenters. The number of aromatic amines is 1. The standard InChI is InChI=1S/C8H6BrN.C3H6O2/c9-7-1-2-8-6(5-7)3-4-10-8;1-2-5-3-4/h1-5,10H;3H,2H2,1H3. The van der Waals surface area contributed by atoms with Gasteiger partial charge >= 0.3 is 0 Å². The van der Waals surface area contributed by atoms with Crippen molar-refractivity contribution in [1.82, 2.24) is 4.98 Å². The Bertz CT molecular complexity index is 425. The number of hydrogen-bond donors (Lipinski definition) is 1. The number of aromatic nitrogens is 1. The Morgan fingerprint density at radius 2 is 2.27 bits per heavy atom. The number of rotatable bonds is 2. The first-order valence-corrected chi connectivity index (χ1v) is 5.35. The molecule has 1 N–H and O–H groups in total. The van der Waals surface area contributed by atoms with Gasteiger partial charge in [0.05, 0.1) is 6.61 Å². The smallest absolute Gasteiger partial charge is 0.293 e. The molecular formula is C11H12BrNO2. The number of carbonyl (C=O) groups is 1. The van der Waals surface area contributed by atoms with Crippen LogP contribution in [0.2, 0.25) is 0 Å². The average Bonchev–Trinajstić information content (AvgIpc) is 2.67. The summed E-state index contributed by atoms with van der Waals surface area (Å²) in [6, 6.07) is 8.23. The summed E-state index contributed by atoms with van der Waals surface area (Å²) >= 11 is 3.40. The van der Waals surface area contributed by atoms with E-state index in [4.69, 9.17) is 0 Å². The second kappa shape index (κ2) is 6.24. The van der Waals surface area contributed by atoms with E-state index in [1.807, 2.05) is 12.3 Å². The maximum Gasteiger partial charge on any atom is 0.293 e. The Kier molecular flexibility index (Phi) is 4.90. The molecule has 0 amide bonds. The van der Waals surface area contributed by atoms with E-state index in [1.54, 1.807) is 6.92 Å². The molecule has 80 valence electrons. The van der Waals surface area contributed by atoms with E-state index in [1.165, 1.54) is 10.9 Å². The third-order valence-electron chi connectivity index (χ3n) is 1.75. The fraction of sp³-hybridized carbons (Fsp3) is 0.182. The number of benzene rings is 1. The normalized spacial score (nSPS) is 9.20. The maximum atomic E-state index is 9.18. The molecule has 0 fully saturated rings. The molecule has 3 nitrogen and oxygen atoms in total. The van der Waals surface area contributed by atoms with Gasteiger partial charge in [0.25, 0.3) is 6.47 Å². The first-order valence-electron chi connectivity index (χ1n) is 4.55. The highest BCUT2D eigenvalue weighted by Gasteiger charge is 1.92. The van der Waals surface area contributed by atoms with Crippen LogP contribution in [0.4, 0.5) is 0 Å². The van der Waals surface area contributed by atoms with Gasteiger partial charge in [0.2, 0.25) is 0 Å². The maximum absolute atomic E-state index is 9.18. The van der Waals surface area contributed by atoms with Gasteiger partial charge in [0.1, 0.15) is 0 Å². The van der Waals surface area contributed by atoms with Gasteiger partial charge in [-0.15, -0.1) is 0 Å². The number of H-pyrrole nitrogens is 1. The van der Waals surface area contributed by atoms with Crippen molar-refractivity contribution in [3.05, 3.63) is 34.9 Å². The van der Waals surface area contributed by atoms with E-state index in [0.29, 0.717) is 13.1 Å². The van der Waals surface area contributed by atoms with Gasteiger partial charge in [-0.1, -0.05) is 15.9 Å². The predicted molar refractivity (Wildman–Crippen MR) is 63.7 cm³/mol. The van der Waals surface area contributed by atoms with Crippen molar-refractivity contribution >= 4 is 33.3 Å². The van der Waals surface area contributed by atoms with E-state index in [2.05, 4.69) is 43.8 Å². The highest BCUT2D eigenvalue weighted by molar-refractivity contribution is 9.10. The van der Waals surface area contributed by atoms with Crippen LogP contribution in [0.5, 0.6) is 0 Å². The van der Waals surface area contributed by atoms with Crippen LogP contribution in [0.3, 0.4) is 0 Å². The summed E-state index contributed by atoms with van der Waals surface area (Å²) in [5, 5.41) is 1.24. The van der Waals surface area contributed by atoms with Crippen LogP contribution in [0.1, 0.15) is 6.92 Å². The first kappa shape index (κ1) is 11.8. The van der Waals surface area contributed by atoms with Crippen molar-refractivity contribution < 1.29 is 9.53 Å². The molecule has 0 bridgehead atoms. The molecule has 1 aromatic carbocycles. The van der Waals surface area contributed by atoms with Crippen LogP contribution in [-0.4, -0.2) is 18.1 Å². The van der Waals surface area contributed by atoms with Crippen LogP contribution in [0, 0.1) is 0 Å². The lowest BCUT2D eigenvalue weighted by Crippen LogP contribution is -1.80. The molecule has 0 aliphatic carbocycles. The molecule has 2 rings (SSSR count). The zero-order chi connectivity index (χ0) is 11.1. The quantitative estimate of drug-likeness (QED) is 0.852. The largest absolute Gasteiger partial charge is 0.468 e. The number of ether oxygens (including phenoxy) is 1. The molecule has 0 saturated heterocycles. The number of hydrogen-bond acceptors (Lipinski definition) is 2. The molecule has 0 saturated carbocycles. The number of nitrogens with one attached hydrogen (secondary N) is 1. The lowest BCUT2D eigenvalue weighted by atomic mass is 10.3. The van der Waals surface area contributed by atoms with Crippen molar-refractivity contribution in [1.29, 1.82) is 0 Å². The predicted octanol–water partition coefficient (Wildman–Crippen LogP) is 3.11. The Hall–Kier alpha value is -1.29. The van der Waals surface area contributed by atoms with Crippen LogP contribution >= 0.6 is 15.9 Å². The zero-order valence-electron chi connectivity index (χ0n) is 8.37. The highest BCUT2D eigenvalue weighted by Crippen LogP contribution is 2.17. The summed E-state index contributed by atoms with van der Waals surface area (Å²) < 4.78 is 5.28. The summed E-state index contributed by atoms with van der Waals surface area (Å²) in [6.45, 7) is 2.66. The lowest BCUT2D eigenvalue weighted by molar-refractivity contribution is -0.128. The van der Waals surface area contributed by atoms with Gasteiger partial charge in [-0.3, -0.25) is 4.79 Å². The summed E-state index contributed by atoms with van der Waals surface area (Å²) in [6.07, 6.45) is 1.94. The van der Waals surface area contributed by atoms with Crippen LogP contribution < -0.4 is 0 Å². The highest BCUT2D eigenvalue weighted by atomic mass is 79.9. The number of halogens is 1. The molecule has 1 aromatic heterocycles. The second-order valence-electron chi connectivity index (χ2n) is 2.76. The SMILES string of the molecule is Brc1ccc2[nH]ccc2c1.CCOC=O. The fourth-order valence-corrected chi connectivity index (χ4v) is 1.47. The Morgan fingerprint density at radius 3 is 2.87 bits per heavy atom. The molecule has 4 heteroatoms. The second-order valence-corrected chi connectivity index (χ2v) is 3.68. The Labute approximate surface area is 96.6 Å². The molecule has 2 aromatic rings. The minimum atomic E-state index is 0.431. The van der Waals surface area contributed by atoms with Crippen LogP contribution in [-0.2, 0) is 9.53 Å². The number of fused-ring (bicyclic) bond motifs is 1. The average molecular weight is 270 g/mol. The van der Waals surface area contributed by atoms with Gasteiger partial charge in [0.15, 0.2) is 0 Å². The van der Waals surface area contributed by atoms with E-state index in [-0.39, 0.29) is 0 Å². The molecular weight excluding hydrogens is 258 g/mol. The van der Waals surface area contributed by atoms with Crippen molar-refractivity contribution in [3.63, 3.8) is 0 Å². The van der Waals surface area contributed by atoms with Crippen LogP contribution in [0.15, 0.2) is 34.9 Å². The minimum Gasteiger partial charge on any atom is -0.468 e. The molecule has 0 radical (unpaired) electrons. The van der Waals surface area contributed by atoms with Crippen LogP contribution in [0.25, 0.3) is 10.9 Å². The first-order chi connectivity index (χ1) is 7.27. The van der Waals surface area contributed by atoms with Gasteiger partial charge < -0.3 is 9.72 Å². The third-order valence-corrected chi connectivity index (χ3v) is 2.24. The summed E-state index contributed by atoms with van der Waals surface area (Å²) in [5.74, 6) is 0. The lowest BCUT2D eigenvalue weighted by Gasteiger charge is -1.88. The summed E-state index contributed by atoms with van der Waals surface area (Å²) in [7, 11) is 0. The van der Waals surface area contributed by atoms with E-state index >= 15 is 0 Å². The zero-order valence-corrected chi connectivity index (χ0v) is 9.95. The Morgan fingerprint density at radius 1 is 1.47 bits per heavy atom. The van der Waals surface area contributed by atoms with E-state index in [9.17, 15) is 4.79 Å². The van der Waals surface area contributed by atoms with Crippen molar-refractivity contribution in [2.75, 3.05) is 6.61 Å². The summed E-state index contributed by atoms with van der Waals surface area (Å²) in [5.41, 5.74) is 1.18. The van der Waals surface area contributed by atoms with Crippen molar-refractivity contribution in [2.45, 2.75) is 6.92 Å². The molecule has 0 aliphatic rings. The van der Waals surface area contributed by atoms with Crippen molar-refractivity contribution in [2.24, 2.45) is 0 Å². The van der Waals surface area contributed by atoms with Gasteiger partial charge in [-0.2, -0.15) is 0 Å². The molecule has 1 heterocycles. The number of carbonyl (C=O) groups excluding carboxylic acids is 1. The molecule has 0 atom stereocenters. The molecule has 15 heavy (non-hydrogen) atoms. The fourth-order valence-electron chi connectivity index (χ4n) is 1.09.